The molecule has 3 unspecified atom stereocenters. The van der Waals surface area contributed by atoms with Crippen LogP contribution >= 0.6 is 0 Å². The van der Waals surface area contributed by atoms with Crippen molar-refractivity contribution in [2.75, 3.05) is 6.61 Å². The first-order chi connectivity index (χ1) is 22.8. The zero-order valence-electron chi connectivity index (χ0n) is 30.6. The van der Waals surface area contributed by atoms with Crippen LogP contribution in [0.4, 0.5) is 0 Å². The maximum Gasteiger partial charge on any atom is 0.338 e. The third-order valence-electron chi connectivity index (χ3n) is 12.8. The van der Waals surface area contributed by atoms with Crippen molar-refractivity contribution in [3.05, 3.63) is 59.2 Å². The lowest BCUT2D eigenvalue weighted by Crippen LogP contribution is -2.66. The van der Waals surface area contributed by atoms with Crippen LogP contribution in [-0.2, 0) is 28.6 Å². The number of aliphatic hydroxyl groups excluding tert-OH is 1. The highest BCUT2D eigenvalue weighted by atomic mass is 16.6. The molecule has 2 bridgehead atoms. The van der Waals surface area contributed by atoms with Crippen LogP contribution in [0.1, 0.15) is 92.4 Å². The smallest absolute Gasteiger partial charge is 0.338 e. The first-order valence-electron chi connectivity index (χ1n) is 17.9. The van der Waals surface area contributed by atoms with E-state index in [-0.39, 0.29) is 30.6 Å². The van der Waals surface area contributed by atoms with Gasteiger partial charge < -0.3 is 24.4 Å². The first-order valence-corrected chi connectivity index (χ1v) is 17.9. The maximum atomic E-state index is 15.3. The number of hydrogen-bond acceptors (Lipinski definition) is 9. The molecule has 11 atom stereocenters. The highest BCUT2D eigenvalue weighted by molar-refractivity contribution is 5.96. The lowest BCUT2D eigenvalue weighted by molar-refractivity contribution is -0.206. The van der Waals surface area contributed by atoms with Crippen molar-refractivity contribution in [2.24, 2.45) is 52.3 Å². The zero-order chi connectivity index (χ0) is 36.4. The van der Waals surface area contributed by atoms with Gasteiger partial charge in [-0.25, -0.2) is 4.79 Å². The average Bonchev–Trinajstić information content (AvgIpc) is 3.50. The molecule has 0 aliphatic heterocycles. The summed E-state index contributed by atoms with van der Waals surface area (Å²) >= 11 is 0. The Kier molecular flexibility index (Phi) is 9.65. The van der Waals surface area contributed by atoms with Crippen molar-refractivity contribution in [3.8, 4) is 0 Å². The van der Waals surface area contributed by atoms with E-state index in [1.807, 2.05) is 55.4 Å². The van der Waals surface area contributed by atoms with Gasteiger partial charge in [0, 0.05) is 17.3 Å². The number of allylic oxidation sites excluding steroid dienone is 1. The normalized spacial score (nSPS) is 37.5. The van der Waals surface area contributed by atoms with Gasteiger partial charge in [-0.1, -0.05) is 92.7 Å². The Bertz CT molecular complexity index is 1560. The Labute approximate surface area is 290 Å². The molecule has 0 aromatic heterocycles. The number of aliphatic hydroxyl groups is 2. The fraction of sp³-hybridized carbons (Fsp3) is 0.650. The van der Waals surface area contributed by atoms with E-state index >= 15 is 4.79 Å². The van der Waals surface area contributed by atoms with Crippen molar-refractivity contribution in [3.63, 3.8) is 0 Å². The van der Waals surface area contributed by atoms with Crippen molar-refractivity contribution in [1.29, 1.82) is 0 Å². The van der Waals surface area contributed by atoms with Crippen molar-refractivity contribution < 1.29 is 43.6 Å². The van der Waals surface area contributed by atoms with E-state index in [0.29, 0.717) is 23.1 Å². The molecule has 268 valence electrons. The third kappa shape index (κ3) is 5.33. The Morgan fingerprint density at radius 2 is 1.57 bits per heavy atom. The van der Waals surface area contributed by atoms with Crippen LogP contribution in [0.5, 0.6) is 0 Å². The van der Waals surface area contributed by atoms with Crippen LogP contribution in [0.15, 0.2) is 53.6 Å². The number of carbonyl (C=O) groups is 4. The average molecular weight is 679 g/mol. The Morgan fingerprint density at radius 3 is 2.14 bits per heavy atom. The number of rotatable bonds is 10. The molecule has 9 nitrogen and oxygen atoms in total. The number of ketones is 1. The molecule has 2 fully saturated rings. The predicted molar refractivity (Wildman–Crippen MR) is 183 cm³/mol. The lowest BCUT2D eigenvalue weighted by atomic mass is 9.58. The van der Waals surface area contributed by atoms with Gasteiger partial charge in [0.05, 0.1) is 22.8 Å². The summed E-state index contributed by atoms with van der Waals surface area (Å²) in [5.41, 5.74) is -4.77. The van der Waals surface area contributed by atoms with Gasteiger partial charge in [-0.2, -0.15) is 0 Å². The van der Waals surface area contributed by atoms with Crippen molar-refractivity contribution >= 4 is 23.7 Å². The van der Waals surface area contributed by atoms with Gasteiger partial charge in [-0.15, -0.1) is 0 Å². The van der Waals surface area contributed by atoms with Crippen LogP contribution in [-0.4, -0.2) is 63.9 Å². The summed E-state index contributed by atoms with van der Waals surface area (Å²) < 4.78 is 18.5. The molecular formula is C40H54O9. The van der Waals surface area contributed by atoms with E-state index in [0.717, 1.165) is 0 Å². The summed E-state index contributed by atoms with van der Waals surface area (Å²) in [4.78, 5) is 55.7. The predicted octanol–water partition coefficient (Wildman–Crippen LogP) is 5.87. The van der Waals surface area contributed by atoms with Gasteiger partial charge in [-0.05, 0) is 60.8 Å². The molecule has 9 heteroatoms. The second kappa shape index (κ2) is 12.8. The lowest BCUT2D eigenvalue weighted by Gasteiger charge is -2.49. The topological polar surface area (TPSA) is 136 Å². The third-order valence-corrected chi connectivity index (χ3v) is 12.8. The Hall–Kier alpha value is -3.30. The van der Waals surface area contributed by atoms with Gasteiger partial charge in [-0.3, -0.25) is 14.4 Å². The molecule has 4 aliphatic rings. The molecule has 1 spiro atoms. The molecule has 1 aromatic carbocycles. The highest BCUT2D eigenvalue weighted by Crippen LogP contribution is 2.75. The van der Waals surface area contributed by atoms with Crippen LogP contribution in [0.2, 0.25) is 0 Å². The fourth-order valence-corrected chi connectivity index (χ4v) is 9.00. The summed E-state index contributed by atoms with van der Waals surface area (Å²) in [5.74, 6) is -4.97. The van der Waals surface area contributed by atoms with E-state index in [1.165, 1.54) is 0 Å². The van der Waals surface area contributed by atoms with E-state index in [2.05, 4.69) is 0 Å². The molecule has 4 aliphatic carbocycles. The van der Waals surface area contributed by atoms with Crippen LogP contribution in [0.25, 0.3) is 0 Å². The monoisotopic (exact) mass is 678 g/mol. The van der Waals surface area contributed by atoms with E-state index in [4.69, 9.17) is 14.2 Å². The number of fused-ring (bicyclic) bond motifs is 3. The Balaban J connectivity index is 1.64. The van der Waals surface area contributed by atoms with E-state index in [1.54, 1.807) is 56.3 Å². The van der Waals surface area contributed by atoms with E-state index < -0.39 is 81.7 Å². The molecule has 5 rings (SSSR count). The molecule has 2 saturated carbocycles. The minimum absolute atomic E-state index is 0.00922. The summed E-state index contributed by atoms with van der Waals surface area (Å²) in [7, 11) is 0. The number of Topliss-reactive ketones (excluding diaryl/α,β-unsaturated/α-hetero) is 1. The number of ether oxygens (including phenoxy) is 3. The molecule has 1 aromatic rings. The second-order valence-electron chi connectivity index (χ2n) is 16.1. The number of hydrogen-bond donors (Lipinski definition) is 2. The van der Waals surface area contributed by atoms with Gasteiger partial charge >= 0.3 is 17.9 Å². The van der Waals surface area contributed by atoms with Crippen molar-refractivity contribution in [1.82, 2.24) is 0 Å². The fourth-order valence-electron chi connectivity index (χ4n) is 9.00. The Morgan fingerprint density at radius 1 is 0.980 bits per heavy atom. The molecule has 2 N–H and O–H groups in total. The first kappa shape index (κ1) is 37.0. The minimum atomic E-state index is -2.21. The molecule has 0 saturated heterocycles. The molecule has 0 heterocycles. The number of carbonyl (C=O) groups excluding carboxylic acids is 4. The SMILES string of the molecule is CCC1=C[C@@H]2C(=O)[C@]3(C=C(C)[C@H](OC(=O)C(C)C(C)C)[C@@]3(O)[C@@H]1O)[C@H](C)C[C@]1(OC(=O)C(C)C(C)C)[C@H]2C1(C)COC(=O)c1ccccc1. The van der Waals surface area contributed by atoms with Gasteiger partial charge in [0.15, 0.2) is 17.5 Å². The van der Waals surface area contributed by atoms with Gasteiger partial charge in [0.2, 0.25) is 0 Å². The van der Waals surface area contributed by atoms with Crippen molar-refractivity contribution in [2.45, 2.75) is 105 Å². The van der Waals surface area contributed by atoms with Gasteiger partial charge in [0.1, 0.15) is 18.3 Å². The zero-order valence-corrected chi connectivity index (χ0v) is 30.6. The highest BCUT2D eigenvalue weighted by Gasteiger charge is 2.85. The summed E-state index contributed by atoms with van der Waals surface area (Å²) in [6.07, 6.45) is 1.08. The summed E-state index contributed by atoms with van der Waals surface area (Å²) in [5, 5.41) is 25.1. The van der Waals surface area contributed by atoms with E-state index in [9.17, 15) is 24.6 Å². The second-order valence-corrected chi connectivity index (χ2v) is 16.1. The van der Waals surface area contributed by atoms with Crippen LogP contribution < -0.4 is 0 Å². The molecule has 0 radical (unpaired) electrons. The summed E-state index contributed by atoms with van der Waals surface area (Å²) in [6, 6.07) is 8.62. The standard InChI is InChI=1S/C40H54O9/c1-11-27-17-29-30-37(10,20-47-36(45)28-15-13-12-14-16-28)39(30,49-35(44)26(9)22(4)5)19-24(7)38(32(29)42)18-23(6)33(40(38,46)31(27)41)48-34(43)25(8)21(2)3/h12-18,21-22,24-26,29-31,33,41,46H,11,19-20H2,1-10H3/t24-,25?,26?,29+,30-,31-,33+,37?,38+,39+,40+/m1/s1. The number of benzene rings is 1. The van der Waals surface area contributed by atoms with Crippen LogP contribution in [0, 0.1) is 52.3 Å². The van der Waals surface area contributed by atoms with Crippen LogP contribution in [0.3, 0.4) is 0 Å². The molecular weight excluding hydrogens is 624 g/mol. The largest absolute Gasteiger partial charge is 0.461 e. The molecule has 0 amide bonds. The van der Waals surface area contributed by atoms with Gasteiger partial charge in [0.25, 0.3) is 0 Å². The summed E-state index contributed by atoms with van der Waals surface area (Å²) in [6.45, 7) is 18.4. The number of esters is 3. The molecule has 49 heavy (non-hydrogen) atoms. The quantitative estimate of drug-likeness (QED) is 0.177. The minimum Gasteiger partial charge on any atom is -0.461 e. The maximum absolute atomic E-state index is 15.3.